The number of hydrogen-bond donors (Lipinski definition) is 0. The number of carbonyl (C=O) groups excluding carboxylic acids is 1. The van der Waals surface area contributed by atoms with Crippen LogP contribution in [0.15, 0.2) is 53.1 Å². The summed E-state index contributed by atoms with van der Waals surface area (Å²) in [4.78, 5) is 14.5. The summed E-state index contributed by atoms with van der Waals surface area (Å²) in [6.45, 7) is 6.32. The van der Waals surface area contributed by atoms with E-state index in [1.165, 1.54) is 5.56 Å². The maximum atomic E-state index is 12.8. The molecule has 0 bridgehead atoms. The fourth-order valence-electron chi connectivity index (χ4n) is 2.97. The van der Waals surface area contributed by atoms with Crippen LogP contribution in [0.3, 0.4) is 0 Å². The summed E-state index contributed by atoms with van der Waals surface area (Å²) in [6, 6.07) is 16.0. The molecule has 0 saturated heterocycles. The standard InChI is InChI=1S/C21H22N2O2/c1-14-8-5-6-11-19(14)17-9-7-10-18(12-17)21(24)23(4)13-20-15(2)22-25-16(20)3/h5-12H,13H2,1-4H3. The molecule has 0 aliphatic heterocycles. The highest BCUT2D eigenvalue weighted by molar-refractivity contribution is 5.95. The third kappa shape index (κ3) is 3.48. The molecular weight excluding hydrogens is 312 g/mol. The first kappa shape index (κ1) is 17.0. The van der Waals surface area contributed by atoms with Crippen LogP contribution in [0.1, 0.15) is 32.9 Å². The van der Waals surface area contributed by atoms with Gasteiger partial charge in [-0.2, -0.15) is 0 Å². The third-order valence-corrected chi connectivity index (χ3v) is 4.49. The predicted molar refractivity (Wildman–Crippen MR) is 98.4 cm³/mol. The number of rotatable bonds is 4. The van der Waals surface area contributed by atoms with E-state index in [-0.39, 0.29) is 5.91 Å². The number of amides is 1. The van der Waals surface area contributed by atoms with Gasteiger partial charge in [0.25, 0.3) is 5.91 Å². The van der Waals surface area contributed by atoms with Crippen LogP contribution >= 0.6 is 0 Å². The maximum absolute atomic E-state index is 12.8. The van der Waals surface area contributed by atoms with Gasteiger partial charge in [0.1, 0.15) is 5.76 Å². The van der Waals surface area contributed by atoms with Crippen molar-refractivity contribution < 1.29 is 9.32 Å². The number of carbonyl (C=O) groups is 1. The van der Waals surface area contributed by atoms with Gasteiger partial charge in [-0.3, -0.25) is 4.79 Å². The summed E-state index contributed by atoms with van der Waals surface area (Å²) in [6.07, 6.45) is 0. The fraction of sp³-hybridized carbons (Fsp3) is 0.238. The van der Waals surface area contributed by atoms with Crippen molar-refractivity contribution in [2.24, 2.45) is 0 Å². The molecule has 0 radical (unpaired) electrons. The van der Waals surface area contributed by atoms with Gasteiger partial charge in [0, 0.05) is 18.2 Å². The van der Waals surface area contributed by atoms with Crippen LogP contribution in [0.5, 0.6) is 0 Å². The van der Waals surface area contributed by atoms with Crippen molar-refractivity contribution in [3.8, 4) is 11.1 Å². The van der Waals surface area contributed by atoms with Crippen LogP contribution in [0.4, 0.5) is 0 Å². The number of aryl methyl sites for hydroxylation is 3. The molecule has 0 aliphatic rings. The number of nitrogens with zero attached hydrogens (tertiary/aromatic N) is 2. The van der Waals surface area contributed by atoms with Gasteiger partial charge in [0.2, 0.25) is 0 Å². The van der Waals surface area contributed by atoms with Crippen molar-refractivity contribution in [3.63, 3.8) is 0 Å². The van der Waals surface area contributed by atoms with Gasteiger partial charge in [0.05, 0.1) is 12.2 Å². The van der Waals surface area contributed by atoms with E-state index in [1.807, 2.05) is 50.2 Å². The second kappa shape index (κ2) is 6.93. The Bertz CT molecular complexity index is 892. The lowest BCUT2D eigenvalue weighted by atomic mass is 9.98. The Balaban J connectivity index is 1.85. The second-order valence-electron chi connectivity index (χ2n) is 6.36. The van der Waals surface area contributed by atoms with Crippen LogP contribution in [0.25, 0.3) is 11.1 Å². The van der Waals surface area contributed by atoms with Crippen molar-refractivity contribution in [1.82, 2.24) is 10.1 Å². The molecule has 3 aromatic rings. The summed E-state index contributed by atoms with van der Waals surface area (Å²) in [7, 11) is 1.80. The van der Waals surface area contributed by atoms with Gasteiger partial charge in [-0.1, -0.05) is 41.6 Å². The monoisotopic (exact) mass is 334 g/mol. The molecule has 2 aromatic carbocycles. The molecule has 25 heavy (non-hydrogen) atoms. The Kier molecular flexibility index (Phi) is 4.70. The van der Waals surface area contributed by atoms with E-state index in [1.54, 1.807) is 11.9 Å². The summed E-state index contributed by atoms with van der Waals surface area (Å²) in [5.74, 6) is 0.737. The van der Waals surface area contributed by atoms with Gasteiger partial charge >= 0.3 is 0 Å². The van der Waals surface area contributed by atoms with Crippen LogP contribution in [-0.4, -0.2) is 23.0 Å². The highest BCUT2D eigenvalue weighted by Crippen LogP contribution is 2.24. The van der Waals surface area contributed by atoms with Crippen molar-refractivity contribution in [2.45, 2.75) is 27.3 Å². The molecular formula is C21H22N2O2. The average molecular weight is 334 g/mol. The van der Waals surface area contributed by atoms with Gasteiger partial charge in [-0.15, -0.1) is 0 Å². The van der Waals surface area contributed by atoms with Crippen LogP contribution < -0.4 is 0 Å². The molecule has 0 N–H and O–H groups in total. The fourth-order valence-corrected chi connectivity index (χ4v) is 2.97. The molecule has 0 spiro atoms. The van der Waals surface area contributed by atoms with E-state index in [0.717, 1.165) is 28.1 Å². The SMILES string of the molecule is Cc1ccccc1-c1cccc(C(=O)N(C)Cc2c(C)noc2C)c1. The predicted octanol–water partition coefficient (Wildman–Crippen LogP) is 4.54. The lowest BCUT2D eigenvalue weighted by Gasteiger charge is -2.18. The minimum atomic E-state index is -0.0181. The highest BCUT2D eigenvalue weighted by atomic mass is 16.5. The van der Waals surface area contributed by atoms with Gasteiger partial charge in [-0.05, 0) is 49.6 Å². The summed E-state index contributed by atoms with van der Waals surface area (Å²) in [5, 5.41) is 3.95. The molecule has 0 aliphatic carbocycles. The average Bonchev–Trinajstić information content (AvgIpc) is 2.93. The van der Waals surface area contributed by atoms with E-state index in [2.05, 4.69) is 24.2 Å². The minimum absolute atomic E-state index is 0.0181. The van der Waals surface area contributed by atoms with Gasteiger partial charge < -0.3 is 9.42 Å². The Morgan fingerprint density at radius 2 is 1.84 bits per heavy atom. The minimum Gasteiger partial charge on any atom is -0.361 e. The third-order valence-electron chi connectivity index (χ3n) is 4.49. The topological polar surface area (TPSA) is 46.3 Å². The van der Waals surface area contributed by atoms with E-state index < -0.39 is 0 Å². The van der Waals surface area contributed by atoms with E-state index >= 15 is 0 Å². The second-order valence-corrected chi connectivity index (χ2v) is 6.36. The van der Waals surface area contributed by atoms with E-state index in [0.29, 0.717) is 12.1 Å². The molecule has 3 rings (SSSR count). The van der Waals surface area contributed by atoms with Crippen molar-refractivity contribution in [1.29, 1.82) is 0 Å². The molecule has 1 amide bonds. The van der Waals surface area contributed by atoms with Crippen molar-refractivity contribution in [3.05, 3.63) is 76.7 Å². The summed E-state index contributed by atoms with van der Waals surface area (Å²) >= 11 is 0. The Morgan fingerprint density at radius 1 is 1.08 bits per heavy atom. The molecule has 4 heteroatoms. The lowest BCUT2D eigenvalue weighted by molar-refractivity contribution is 0.0784. The van der Waals surface area contributed by atoms with Crippen molar-refractivity contribution >= 4 is 5.91 Å². The number of aromatic nitrogens is 1. The lowest BCUT2D eigenvalue weighted by Crippen LogP contribution is -2.26. The van der Waals surface area contributed by atoms with E-state index in [9.17, 15) is 4.79 Å². The zero-order valence-electron chi connectivity index (χ0n) is 15.0. The van der Waals surface area contributed by atoms with Crippen molar-refractivity contribution in [2.75, 3.05) is 7.05 Å². The Morgan fingerprint density at radius 3 is 2.52 bits per heavy atom. The molecule has 0 atom stereocenters. The molecule has 0 fully saturated rings. The zero-order valence-corrected chi connectivity index (χ0v) is 15.0. The van der Waals surface area contributed by atoms with Crippen LogP contribution in [-0.2, 0) is 6.54 Å². The molecule has 128 valence electrons. The van der Waals surface area contributed by atoms with Crippen LogP contribution in [0, 0.1) is 20.8 Å². The quantitative estimate of drug-likeness (QED) is 0.704. The number of benzene rings is 2. The first-order valence-corrected chi connectivity index (χ1v) is 8.30. The smallest absolute Gasteiger partial charge is 0.253 e. The molecule has 1 heterocycles. The van der Waals surface area contributed by atoms with Crippen LogP contribution in [0.2, 0.25) is 0 Å². The Hall–Kier alpha value is -2.88. The molecule has 1 aromatic heterocycles. The normalized spacial score (nSPS) is 10.7. The zero-order chi connectivity index (χ0) is 18.0. The molecule has 0 saturated carbocycles. The highest BCUT2D eigenvalue weighted by Gasteiger charge is 2.17. The molecule has 4 nitrogen and oxygen atoms in total. The molecule has 0 unspecified atom stereocenters. The number of hydrogen-bond acceptors (Lipinski definition) is 3. The Labute approximate surface area is 148 Å². The maximum Gasteiger partial charge on any atom is 0.253 e. The summed E-state index contributed by atoms with van der Waals surface area (Å²) in [5.41, 5.74) is 5.85. The van der Waals surface area contributed by atoms with Gasteiger partial charge in [-0.25, -0.2) is 0 Å². The largest absolute Gasteiger partial charge is 0.361 e. The summed E-state index contributed by atoms with van der Waals surface area (Å²) < 4.78 is 5.18. The van der Waals surface area contributed by atoms with E-state index in [4.69, 9.17) is 4.52 Å². The first-order valence-electron chi connectivity index (χ1n) is 8.30. The first-order chi connectivity index (χ1) is 12.0. The van der Waals surface area contributed by atoms with Gasteiger partial charge in [0.15, 0.2) is 0 Å².